The molecule has 0 bridgehead atoms. The molecule has 2 aromatic rings. The monoisotopic (exact) mass is 292 g/mol. The summed E-state index contributed by atoms with van der Waals surface area (Å²) in [4.78, 5) is 0.743. The number of aromatic nitrogens is 2. The summed E-state index contributed by atoms with van der Waals surface area (Å²) in [6, 6.07) is 6.02. The fraction of sp³-hybridized carbons (Fsp3) is 0.400. The summed E-state index contributed by atoms with van der Waals surface area (Å²) in [6.45, 7) is 6.06. The van der Waals surface area contributed by atoms with Crippen LogP contribution < -0.4 is 9.47 Å². The molecule has 0 radical (unpaired) electrons. The van der Waals surface area contributed by atoms with Crippen LogP contribution in [-0.4, -0.2) is 23.0 Å². The molecular weight excluding hydrogens is 272 g/mol. The summed E-state index contributed by atoms with van der Waals surface area (Å²) in [7, 11) is 3.45. The highest BCUT2D eigenvalue weighted by Gasteiger charge is 2.16. The minimum Gasteiger partial charge on any atom is -0.491 e. The Kier molecular flexibility index (Phi) is 4.28. The minimum atomic E-state index is 0.162. The molecule has 5 heteroatoms. The van der Waals surface area contributed by atoms with Gasteiger partial charge in [0, 0.05) is 12.6 Å². The molecule has 2 rings (SSSR count). The fourth-order valence-corrected chi connectivity index (χ4v) is 2.51. The molecule has 1 aromatic heterocycles. The van der Waals surface area contributed by atoms with Crippen molar-refractivity contribution in [3.05, 3.63) is 23.8 Å². The number of aryl methyl sites for hydroxylation is 2. The molecule has 0 unspecified atom stereocenters. The van der Waals surface area contributed by atoms with E-state index in [-0.39, 0.29) is 6.10 Å². The predicted molar refractivity (Wildman–Crippen MR) is 82.9 cm³/mol. The maximum absolute atomic E-state index is 5.75. The Hall–Kier alpha value is -1.62. The molecule has 0 aliphatic rings. The molecular formula is C15H20N2O2S. The van der Waals surface area contributed by atoms with Gasteiger partial charge in [-0.1, -0.05) is 0 Å². The van der Waals surface area contributed by atoms with Crippen LogP contribution >= 0.6 is 12.6 Å². The van der Waals surface area contributed by atoms with Crippen molar-refractivity contribution in [2.24, 2.45) is 7.05 Å². The van der Waals surface area contributed by atoms with Crippen LogP contribution in [0.3, 0.4) is 0 Å². The number of thiol groups is 1. The van der Waals surface area contributed by atoms with Gasteiger partial charge in [-0.2, -0.15) is 5.10 Å². The smallest absolute Gasteiger partial charge is 0.225 e. The molecule has 0 saturated carbocycles. The second kappa shape index (κ2) is 5.79. The first kappa shape index (κ1) is 14.8. The predicted octanol–water partition coefficient (Wildman–Crippen LogP) is 3.48. The van der Waals surface area contributed by atoms with E-state index in [4.69, 9.17) is 9.47 Å². The Morgan fingerprint density at radius 3 is 2.50 bits per heavy atom. The fourth-order valence-electron chi connectivity index (χ4n) is 2.10. The maximum Gasteiger partial charge on any atom is 0.225 e. The summed E-state index contributed by atoms with van der Waals surface area (Å²) in [5.41, 5.74) is 2.89. The number of hydrogen-bond acceptors (Lipinski definition) is 4. The van der Waals surface area contributed by atoms with E-state index >= 15 is 0 Å². The number of methoxy groups -OCH3 is 1. The topological polar surface area (TPSA) is 36.3 Å². The summed E-state index contributed by atoms with van der Waals surface area (Å²) in [5, 5.41) is 4.46. The second-order valence-electron chi connectivity index (χ2n) is 4.98. The van der Waals surface area contributed by atoms with Crippen molar-refractivity contribution in [3.8, 4) is 22.9 Å². The first-order chi connectivity index (χ1) is 9.43. The van der Waals surface area contributed by atoms with Gasteiger partial charge < -0.3 is 9.47 Å². The van der Waals surface area contributed by atoms with Crippen LogP contribution in [0.4, 0.5) is 0 Å². The van der Waals surface area contributed by atoms with E-state index in [0.717, 1.165) is 27.5 Å². The average Bonchev–Trinajstić information content (AvgIpc) is 2.66. The van der Waals surface area contributed by atoms with Crippen LogP contribution in [0.15, 0.2) is 23.1 Å². The number of hydrogen-bond donors (Lipinski definition) is 1. The van der Waals surface area contributed by atoms with E-state index in [1.54, 1.807) is 11.8 Å². The van der Waals surface area contributed by atoms with Gasteiger partial charge >= 0.3 is 0 Å². The van der Waals surface area contributed by atoms with Gasteiger partial charge in [0.15, 0.2) is 0 Å². The summed E-state index contributed by atoms with van der Waals surface area (Å²) in [6.07, 6.45) is 0.162. The highest BCUT2D eigenvalue weighted by Crippen LogP contribution is 2.34. The third-order valence-electron chi connectivity index (χ3n) is 2.98. The Labute approximate surface area is 125 Å². The van der Waals surface area contributed by atoms with Crippen LogP contribution in [0.25, 0.3) is 11.3 Å². The van der Waals surface area contributed by atoms with Crippen molar-refractivity contribution in [2.45, 2.75) is 31.8 Å². The van der Waals surface area contributed by atoms with Crippen molar-refractivity contribution >= 4 is 12.6 Å². The van der Waals surface area contributed by atoms with E-state index in [2.05, 4.69) is 23.8 Å². The Bertz CT molecular complexity index is 621. The molecule has 4 nitrogen and oxygen atoms in total. The van der Waals surface area contributed by atoms with Crippen molar-refractivity contribution in [2.75, 3.05) is 7.11 Å². The van der Waals surface area contributed by atoms with Crippen molar-refractivity contribution in [3.63, 3.8) is 0 Å². The number of nitrogens with zero attached hydrogens (tertiary/aromatic N) is 2. The van der Waals surface area contributed by atoms with Crippen molar-refractivity contribution in [1.29, 1.82) is 0 Å². The third-order valence-corrected chi connectivity index (χ3v) is 3.38. The van der Waals surface area contributed by atoms with Crippen LogP contribution in [0.2, 0.25) is 0 Å². The van der Waals surface area contributed by atoms with E-state index in [0.29, 0.717) is 5.88 Å². The molecule has 108 valence electrons. The van der Waals surface area contributed by atoms with E-state index in [1.165, 1.54) is 0 Å². The van der Waals surface area contributed by atoms with Crippen LogP contribution in [-0.2, 0) is 7.05 Å². The largest absolute Gasteiger partial charge is 0.491 e. The van der Waals surface area contributed by atoms with E-state index < -0.39 is 0 Å². The van der Waals surface area contributed by atoms with Crippen LogP contribution in [0, 0.1) is 6.92 Å². The van der Waals surface area contributed by atoms with Gasteiger partial charge in [0.1, 0.15) is 11.4 Å². The number of rotatable bonds is 4. The maximum atomic E-state index is 5.75. The lowest BCUT2D eigenvalue weighted by Crippen LogP contribution is -2.06. The molecule has 1 aromatic carbocycles. The molecule has 0 aliphatic heterocycles. The Balaban J connectivity index is 2.42. The average molecular weight is 292 g/mol. The van der Waals surface area contributed by atoms with Gasteiger partial charge in [-0.15, -0.1) is 12.6 Å². The van der Waals surface area contributed by atoms with Gasteiger partial charge in [0.05, 0.1) is 18.1 Å². The lowest BCUT2D eigenvalue weighted by atomic mass is 10.1. The normalized spacial score (nSPS) is 10.9. The highest BCUT2D eigenvalue weighted by atomic mass is 32.1. The van der Waals surface area contributed by atoms with Gasteiger partial charge in [0.2, 0.25) is 5.88 Å². The SMILES string of the molecule is COc1c(S)c(-c2ccc(OC(C)C)c(C)c2)nn1C. The Morgan fingerprint density at radius 2 is 2.00 bits per heavy atom. The quantitative estimate of drug-likeness (QED) is 0.876. The molecule has 1 heterocycles. The summed E-state index contributed by atoms with van der Waals surface area (Å²) < 4.78 is 12.7. The molecule has 0 atom stereocenters. The van der Waals surface area contributed by atoms with E-state index in [9.17, 15) is 0 Å². The lowest BCUT2D eigenvalue weighted by molar-refractivity contribution is 0.241. The van der Waals surface area contributed by atoms with Crippen molar-refractivity contribution in [1.82, 2.24) is 9.78 Å². The minimum absolute atomic E-state index is 0.162. The zero-order valence-corrected chi connectivity index (χ0v) is 13.4. The van der Waals surface area contributed by atoms with Gasteiger partial charge in [-0.3, -0.25) is 0 Å². The first-order valence-corrected chi connectivity index (χ1v) is 6.96. The molecule has 0 spiro atoms. The highest BCUT2D eigenvalue weighted by molar-refractivity contribution is 7.80. The summed E-state index contributed by atoms with van der Waals surface area (Å²) >= 11 is 4.50. The second-order valence-corrected chi connectivity index (χ2v) is 5.42. The van der Waals surface area contributed by atoms with Gasteiger partial charge in [-0.05, 0) is 44.5 Å². The lowest BCUT2D eigenvalue weighted by Gasteiger charge is -2.13. The molecule has 0 N–H and O–H groups in total. The molecule has 0 amide bonds. The van der Waals surface area contributed by atoms with Crippen LogP contribution in [0.1, 0.15) is 19.4 Å². The standard InChI is InChI=1S/C15H20N2O2S/c1-9(2)19-12-7-6-11(8-10(12)3)13-14(20)15(18-5)17(4)16-13/h6-9,20H,1-5H3. The molecule has 0 aliphatic carbocycles. The molecule has 0 fully saturated rings. The Morgan fingerprint density at radius 1 is 1.30 bits per heavy atom. The third kappa shape index (κ3) is 2.77. The van der Waals surface area contributed by atoms with Crippen molar-refractivity contribution < 1.29 is 9.47 Å². The zero-order valence-electron chi connectivity index (χ0n) is 12.5. The summed E-state index contributed by atoms with van der Waals surface area (Å²) in [5.74, 6) is 1.55. The zero-order chi connectivity index (χ0) is 14.9. The van der Waals surface area contributed by atoms with Gasteiger partial charge in [0.25, 0.3) is 0 Å². The van der Waals surface area contributed by atoms with E-state index in [1.807, 2.05) is 40.0 Å². The van der Waals surface area contributed by atoms with Crippen LogP contribution in [0.5, 0.6) is 11.6 Å². The number of ether oxygens (including phenoxy) is 2. The molecule has 0 saturated heterocycles. The van der Waals surface area contributed by atoms with Gasteiger partial charge in [-0.25, -0.2) is 4.68 Å². The molecule has 20 heavy (non-hydrogen) atoms. The number of benzene rings is 1. The first-order valence-electron chi connectivity index (χ1n) is 6.51.